The molecule has 0 saturated heterocycles. The average Bonchev–Trinajstić information content (AvgIpc) is 2.97. The number of hydrogen-bond donors (Lipinski definition) is 1. The Morgan fingerprint density at radius 3 is 2.94 bits per heavy atom. The number of carbonyl (C=O) groups is 1. The molecule has 0 fully saturated rings. The summed E-state index contributed by atoms with van der Waals surface area (Å²) in [6.07, 6.45) is 3.77. The normalized spacial score (nSPS) is 17.9. The van der Waals surface area contributed by atoms with Gasteiger partial charge in [-0.15, -0.1) is 0 Å². The van der Waals surface area contributed by atoms with Crippen molar-refractivity contribution in [3.05, 3.63) is 54.0 Å². The van der Waals surface area contributed by atoms with Crippen LogP contribution >= 0.6 is 0 Å². The van der Waals surface area contributed by atoms with Gasteiger partial charge in [0.2, 0.25) is 0 Å². The maximum atomic E-state index is 12.1. The first-order valence-corrected chi connectivity index (χ1v) is 5.25. The lowest BCUT2D eigenvalue weighted by Gasteiger charge is -2.07. The molecule has 80 valence electrons. The Bertz CT molecular complexity index is 491. The minimum absolute atomic E-state index is 0.0879. The van der Waals surface area contributed by atoms with Gasteiger partial charge >= 0.3 is 0 Å². The number of hydrogen-bond acceptors (Lipinski definition) is 3. The standard InChI is InChI=1S/C13H11NO2/c15-13(10-5-6-16-8-10)12-7-9-3-1-2-4-11(9)14-12/h1-6,8,12,14H,7H2. The first-order valence-electron chi connectivity index (χ1n) is 5.25. The lowest BCUT2D eigenvalue weighted by molar-refractivity contribution is 0.0971. The highest BCUT2D eigenvalue weighted by atomic mass is 16.3. The van der Waals surface area contributed by atoms with Crippen LogP contribution in [0.3, 0.4) is 0 Å². The van der Waals surface area contributed by atoms with Crippen LogP contribution in [0.4, 0.5) is 5.69 Å². The summed E-state index contributed by atoms with van der Waals surface area (Å²) in [6.45, 7) is 0. The fourth-order valence-corrected chi connectivity index (χ4v) is 2.06. The Labute approximate surface area is 93.1 Å². The van der Waals surface area contributed by atoms with Gasteiger partial charge in [0, 0.05) is 12.1 Å². The fourth-order valence-electron chi connectivity index (χ4n) is 2.06. The summed E-state index contributed by atoms with van der Waals surface area (Å²) >= 11 is 0. The van der Waals surface area contributed by atoms with Gasteiger partial charge in [0.1, 0.15) is 6.26 Å². The molecule has 1 aliphatic heterocycles. The second-order valence-corrected chi connectivity index (χ2v) is 3.93. The van der Waals surface area contributed by atoms with Crippen LogP contribution in [0, 0.1) is 0 Å². The molecular formula is C13H11NO2. The summed E-state index contributed by atoms with van der Waals surface area (Å²) in [6, 6.07) is 9.55. The SMILES string of the molecule is O=C(c1ccoc1)C1Cc2ccccc2N1. The Morgan fingerprint density at radius 1 is 1.31 bits per heavy atom. The van der Waals surface area contributed by atoms with E-state index in [0.29, 0.717) is 5.56 Å². The molecule has 0 spiro atoms. The Hall–Kier alpha value is -2.03. The van der Waals surface area contributed by atoms with Gasteiger partial charge in [0.25, 0.3) is 0 Å². The van der Waals surface area contributed by atoms with Gasteiger partial charge in [-0.3, -0.25) is 4.79 Å². The lowest BCUT2D eigenvalue weighted by Crippen LogP contribution is -2.26. The summed E-state index contributed by atoms with van der Waals surface area (Å²) in [4.78, 5) is 12.1. The van der Waals surface area contributed by atoms with Crippen LogP contribution in [0.5, 0.6) is 0 Å². The van der Waals surface area contributed by atoms with E-state index in [4.69, 9.17) is 4.42 Å². The number of benzene rings is 1. The molecule has 1 aromatic heterocycles. The zero-order valence-corrected chi connectivity index (χ0v) is 8.64. The molecular weight excluding hydrogens is 202 g/mol. The second kappa shape index (κ2) is 3.52. The number of carbonyl (C=O) groups excluding carboxylic acids is 1. The van der Waals surface area contributed by atoms with E-state index in [-0.39, 0.29) is 11.8 Å². The van der Waals surface area contributed by atoms with Gasteiger partial charge in [-0.25, -0.2) is 0 Å². The highest BCUT2D eigenvalue weighted by Gasteiger charge is 2.27. The van der Waals surface area contributed by atoms with Crippen molar-refractivity contribution < 1.29 is 9.21 Å². The maximum Gasteiger partial charge on any atom is 0.188 e. The zero-order valence-electron chi connectivity index (χ0n) is 8.64. The molecule has 1 aromatic carbocycles. The number of nitrogens with one attached hydrogen (secondary N) is 1. The van der Waals surface area contributed by atoms with Crippen molar-refractivity contribution in [1.29, 1.82) is 0 Å². The first kappa shape index (κ1) is 9.21. The molecule has 0 saturated carbocycles. The van der Waals surface area contributed by atoms with Crippen molar-refractivity contribution in [2.24, 2.45) is 0 Å². The van der Waals surface area contributed by atoms with Crippen molar-refractivity contribution in [3.8, 4) is 0 Å². The Morgan fingerprint density at radius 2 is 2.19 bits per heavy atom. The fraction of sp³-hybridized carbons (Fsp3) is 0.154. The Balaban J connectivity index is 1.84. The van der Waals surface area contributed by atoms with E-state index in [1.54, 1.807) is 6.07 Å². The number of ketones is 1. The molecule has 1 unspecified atom stereocenters. The smallest absolute Gasteiger partial charge is 0.188 e. The van der Waals surface area contributed by atoms with Crippen LogP contribution in [0.15, 0.2) is 47.3 Å². The molecule has 16 heavy (non-hydrogen) atoms. The van der Waals surface area contributed by atoms with Crippen LogP contribution in [0.1, 0.15) is 15.9 Å². The molecule has 1 aliphatic rings. The molecule has 2 heterocycles. The van der Waals surface area contributed by atoms with Crippen molar-refractivity contribution in [2.45, 2.75) is 12.5 Å². The third-order valence-electron chi connectivity index (χ3n) is 2.89. The van der Waals surface area contributed by atoms with Gasteiger partial charge in [-0.2, -0.15) is 0 Å². The molecule has 0 radical (unpaired) electrons. The van der Waals surface area contributed by atoms with Gasteiger partial charge in [0.05, 0.1) is 17.9 Å². The third kappa shape index (κ3) is 1.41. The van der Waals surface area contributed by atoms with Crippen molar-refractivity contribution >= 4 is 11.5 Å². The third-order valence-corrected chi connectivity index (χ3v) is 2.89. The molecule has 3 heteroatoms. The molecule has 1 atom stereocenters. The molecule has 0 amide bonds. The summed E-state index contributed by atoms with van der Waals surface area (Å²) in [5.41, 5.74) is 2.89. The predicted molar refractivity (Wildman–Crippen MR) is 60.6 cm³/mol. The van der Waals surface area contributed by atoms with Gasteiger partial charge < -0.3 is 9.73 Å². The lowest BCUT2D eigenvalue weighted by atomic mass is 10.0. The first-order chi connectivity index (χ1) is 7.84. The number of rotatable bonds is 2. The average molecular weight is 213 g/mol. The van der Waals surface area contributed by atoms with Crippen LogP contribution in [-0.4, -0.2) is 11.8 Å². The van der Waals surface area contributed by atoms with E-state index < -0.39 is 0 Å². The van der Waals surface area contributed by atoms with Crippen molar-refractivity contribution in [2.75, 3.05) is 5.32 Å². The molecule has 0 bridgehead atoms. The van der Waals surface area contributed by atoms with E-state index in [1.807, 2.05) is 24.3 Å². The summed E-state index contributed by atoms with van der Waals surface area (Å²) in [7, 11) is 0. The monoisotopic (exact) mass is 213 g/mol. The quantitative estimate of drug-likeness (QED) is 0.779. The number of anilines is 1. The number of Topliss-reactive ketones (excluding diaryl/α,β-unsaturated/α-hetero) is 1. The van der Waals surface area contributed by atoms with Gasteiger partial charge in [-0.05, 0) is 17.7 Å². The molecule has 2 aromatic rings. The van der Waals surface area contributed by atoms with Crippen LogP contribution < -0.4 is 5.32 Å². The van der Waals surface area contributed by atoms with Crippen molar-refractivity contribution in [3.63, 3.8) is 0 Å². The van der Waals surface area contributed by atoms with E-state index in [0.717, 1.165) is 12.1 Å². The molecule has 0 aliphatic carbocycles. The largest absolute Gasteiger partial charge is 0.472 e. The topological polar surface area (TPSA) is 42.2 Å². The number of fused-ring (bicyclic) bond motifs is 1. The minimum atomic E-state index is -0.157. The van der Waals surface area contributed by atoms with E-state index in [9.17, 15) is 4.79 Å². The molecule has 3 nitrogen and oxygen atoms in total. The molecule has 3 rings (SSSR count). The highest BCUT2D eigenvalue weighted by molar-refractivity contribution is 6.02. The number of para-hydroxylation sites is 1. The zero-order chi connectivity index (χ0) is 11.0. The summed E-state index contributed by atoms with van der Waals surface area (Å²) in [5, 5.41) is 3.23. The van der Waals surface area contributed by atoms with Gasteiger partial charge in [-0.1, -0.05) is 18.2 Å². The molecule has 1 N–H and O–H groups in total. The highest BCUT2D eigenvalue weighted by Crippen LogP contribution is 2.26. The second-order valence-electron chi connectivity index (χ2n) is 3.93. The van der Waals surface area contributed by atoms with Crippen LogP contribution in [0.2, 0.25) is 0 Å². The van der Waals surface area contributed by atoms with Crippen LogP contribution in [0.25, 0.3) is 0 Å². The summed E-state index contributed by atoms with van der Waals surface area (Å²) in [5.74, 6) is 0.0879. The van der Waals surface area contributed by atoms with Crippen molar-refractivity contribution in [1.82, 2.24) is 0 Å². The predicted octanol–water partition coefficient (Wildman–Crippen LogP) is 2.50. The van der Waals surface area contributed by atoms with Crippen LogP contribution in [-0.2, 0) is 6.42 Å². The van der Waals surface area contributed by atoms with Gasteiger partial charge in [0.15, 0.2) is 5.78 Å². The summed E-state index contributed by atoms with van der Waals surface area (Å²) < 4.78 is 4.92. The Kier molecular flexibility index (Phi) is 2.03. The van der Waals surface area contributed by atoms with E-state index in [2.05, 4.69) is 5.32 Å². The minimum Gasteiger partial charge on any atom is -0.472 e. The number of furan rings is 1. The van der Waals surface area contributed by atoms with E-state index in [1.165, 1.54) is 18.1 Å². The maximum absolute atomic E-state index is 12.1. The van der Waals surface area contributed by atoms with E-state index >= 15 is 0 Å².